The van der Waals surface area contributed by atoms with Gasteiger partial charge >= 0.3 is 11.9 Å². The summed E-state index contributed by atoms with van der Waals surface area (Å²) in [6, 6.07) is 7.42. The molecule has 2 N–H and O–H groups in total. The summed E-state index contributed by atoms with van der Waals surface area (Å²) in [7, 11) is 0. The molecule has 0 atom stereocenters. The molecule has 10 heteroatoms. The molecule has 0 aliphatic rings. The van der Waals surface area contributed by atoms with E-state index in [9.17, 15) is 33.2 Å². The van der Waals surface area contributed by atoms with Crippen molar-refractivity contribution >= 4 is 17.8 Å². The molecule has 7 nitrogen and oxygen atoms in total. The Morgan fingerprint density at radius 1 is 1.24 bits per heavy atom. The lowest BCUT2D eigenvalue weighted by Gasteiger charge is -2.07. The molecule has 130 valence electrons. The van der Waals surface area contributed by atoms with Crippen molar-refractivity contribution in [1.29, 1.82) is 0 Å². The number of benzene rings is 2. The molecule has 0 heterocycles. The van der Waals surface area contributed by atoms with Gasteiger partial charge in [0.1, 0.15) is 0 Å². The van der Waals surface area contributed by atoms with Gasteiger partial charge in [-0.15, -0.1) is 0 Å². The SMILES string of the molecule is O=C(N/N=C\c1cccc([N+](=O)[O-])c1O)c1cccc(C(F)(F)F)c1. The first-order valence-electron chi connectivity index (χ1n) is 6.67. The molecule has 0 fully saturated rings. The van der Waals surface area contributed by atoms with Crippen molar-refractivity contribution in [2.24, 2.45) is 5.10 Å². The quantitative estimate of drug-likeness (QED) is 0.500. The number of nitrogens with one attached hydrogen (secondary N) is 1. The molecular formula is C15H10F3N3O4. The summed E-state index contributed by atoms with van der Waals surface area (Å²) in [5.41, 5.74) is 0.139. The third-order valence-electron chi connectivity index (χ3n) is 3.06. The zero-order valence-corrected chi connectivity index (χ0v) is 12.3. The van der Waals surface area contributed by atoms with E-state index >= 15 is 0 Å². The Bertz CT molecular complexity index is 850. The van der Waals surface area contributed by atoms with Crippen molar-refractivity contribution in [3.63, 3.8) is 0 Å². The Hall–Kier alpha value is -3.43. The number of amides is 1. The number of carbonyl (C=O) groups excluding carboxylic acids is 1. The highest BCUT2D eigenvalue weighted by Crippen LogP contribution is 2.29. The van der Waals surface area contributed by atoms with Gasteiger partial charge in [-0.2, -0.15) is 18.3 Å². The lowest BCUT2D eigenvalue weighted by Crippen LogP contribution is -2.18. The first-order chi connectivity index (χ1) is 11.7. The van der Waals surface area contributed by atoms with Gasteiger partial charge in [-0.3, -0.25) is 14.9 Å². The zero-order valence-electron chi connectivity index (χ0n) is 12.3. The summed E-state index contributed by atoms with van der Waals surface area (Å²) in [4.78, 5) is 21.7. The predicted octanol–water partition coefficient (Wildman–Crippen LogP) is 3.08. The van der Waals surface area contributed by atoms with E-state index in [1.807, 2.05) is 5.43 Å². The molecule has 0 spiro atoms. The van der Waals surface area contributed by atoms with Gasteiger partial charge in [0.2, 0.25) is 5.75 Å². The van der Waals surface area contributed by atoms with Crippen LogP contribution in [-0.2, 0) is 6.18 Å². The summed E-state index contributed by atoms with van der Waals surface area (Å²) in [5.74, 6) is -1.56. The van der Waals surface area contributed by atoms with Crippen molar-refractivity contribution in [2.75, 3.05) is 0 Å². The monoisotopic (exact) mass is 353 g/mol. The van der Waals surface area contributed by atoms with Crippen LogP contribution < -0.4 is 5.43 Å². The highest BCUT2D eigenvalue weighted by atomic mass is 19.4. The Morgan fingerprint density at radius 2 is 1.92 bits per heavy atom. The lowest BCUT2D eigenvalue weighted by atomic mass is 10.1. The van der Waals surface area contributed by atoms with Crippen LogP contribution in [0.3, 0.4) is 0 Å². The van der Waals surface area contributed by atoms with Gasteiger partial charge in [-0.05, 0) is 24.3 Å². The van der Waals surface area contributed by atoms with E-state index in [1.54, 1.807) is 0 Å². The van der Waals surface area contributed by atoms with E-state index in [-0.39, 0.29) is 11.1 Å². The second-order valence-electron chi connectivity index (χ2n) is 4.75. The van der Waals surface area contributed by atoms with Gasteiger partial charge in [-0.25, -0.2) is 5.43 Å². The Labute approximate surface area is 138 Å². The molecule has 2 aromatic carbocycles. The minimum Gasteiger partial charge on any atom is -0.502 e. The van der Waals surface area contributed by atoms with Crippen LogP contribution in [0.2, 0.25) is 0 Å². The predicted molar refractivity (Wildman–Crippen MR) is 81.3 cm³/mol. The Kier molecular flexibility index (Phi) is 5.01. The van der Waals surface area contributed by atoms with Crippen molar-refractivity contribution < 1.29 is 28.0 Å². The van der Waals surface area contributed by atoms with E-state index in [0.717, 1.165) is 24.4 Å². The van der Waals surface area contributed by atoms with E-state index < -0.39 is 34.0 Å². The highest BCUT2D eigenvalue weighted by molar-refractivity contribution is 5.95. The molecule has 25 heavy (non-hydrogen) atoms. The second kappa shape index (κ2) is 6.99. The molecule has 0 aromatic heterocycles. The van der Waals surface area contributed by atoms with Crippen molar-refractivity contribution in [3.8, 4) is 5.75 Å². The summed E-state index contributed by atoms with van der Waals surface area (Å²) in [5, 5.41) is 23.9. The topological polar surface area (TPSA) is 105 Å². The second-order valence-corrected chi connectivity index (χ2v) is 4.75. The van der Waals surface area contributed by atoms with Crippen LogP contribution in [0.25, 0.3) is 0 Å². The molecule has 0 saturated carbocycles. The fourth-order valence-corrected chi connectivity index (χ4v) is 1.86. The number of rotatable bonds is 4. The number of phenolic OH excluding ortho intramolecular Hbond substituents is 1. The van der Waals surface area contributed by atoms with Gasteiger partial charge < -0.3 is 5.11 Å². The third kappa shape index (κ3) is 4.31. The number of phenols is 1. The smallest absolute Gasteiger partial charge is 0.416 e. The van der Waals surface area contributed by atoms with Crippen molar-refractivity contribution in [3.05, 3.63) is 69.3 Å². The van der Waals surface area contributed by atoms with Gasteiger partial charge in [-0.1, -0.05) is 12.1 Å². The van der Waals surface area contributed by atoms with Crippen LogP contribution in [0.15, 0.2) is 47.6 Å². The molecule has 2 rings (SSSR count). The molecule has 0 bridgehead atoms. The molecule has 0 unspecified atom stereocenters. The minimum absolute atomic E-state index is 0.0430. The number of halogens is 3. The zero-order chi connectivity index (χ0) is 18.6. The first kappa shape index (κ1) is 17.9. The van der Waals surface area contributed by atoms with Crippen molar-refractivity contribution in [2.45, 2.75) is 6.18 Å². The van der Waals surface area contributed by atoms with Gasteiger partial charge in [0.05, 0.1) is 16.7 Å². The maximum Gasteiger partial charge on any atom is 0.416 e. The molecule has 1 amide bonds. The van der Waals surface area contributed by atoms with Crippen molar-refractivity contribution in [1.82, 2.24) is 5.43 Å². The van der Waals surface area contributed by atoms with E-state index in [4.69, 9.17) is 0 Å². The molecule has 0 aliphatic carbocycles. The number of nitrogens with zero attached hydrogens (tertiary/aromatic N) is 2. The normalized spacial score (nSPS) is 11.5. The highest BCUT2D eigenvalue weighted by Gasteiger charge is 2.30. The molecule has 0 aliphatic heterocycles. The molecule has 2 aromatic rings. The Morgan fingerprint density at radius 3 is 2.56 bits per heavy atom. The average molecular weight is 353 g/mol. The van der Waals surface area contributed by atoms with Gasteiger partial charge in [0, 0.05) is 17.2 Å². The number of hydrogen-bond acceptors (Lipinski definition) is 5. The standard InChI is InChI=1S/C15H10F3N3O4/c16-15(17,18)11-5-1-3-9(7-11)14(23)20-19-8-10-4-2-6-12(13(10)22)21(24)25/h1-8,22H,(H,20,23)/b19-8-. The minimum atomic E-state index is -4.59. The van der Waals surface area contributed by atoms with Gasteiger partial charge in [0.25, 0.3) is 5.91 Å². The maximum atomic E-state index is 12.6. The summed E-state index contributed by atoms with van der Waals surface area (Å²) < 4.78 is 37.8. The summed E-state index contributed by atoms with van der Waals surface area (Å²) in [6.45, 7) is 0. The lowest BCUT2D eigenvalue weighted by molar-refractivity contribution is -0.385. The summed E-state index contributed by atoms with van der Waals surface area (Å²) >= 11 is 0. The van der Waals surface area contributed by atoms with Crippen LogP contribution in [0.4, 0.5) is 18.9 Å². The number of carbonyl (C=O) groups is 1. The van der Waals surface area contributed by atoms with E-state index in [2.05, 4.69) is 5.10 Å². The molecule has 0 saturated heterocycles. The number of aromatic hydroxyl groups is 1. The van der Waals surface area contributed by atoms with Crippen LogP contribution in [-0.4, -0.2) is 22.2 Å². The number of nitro benzene ring substituents is 1. The average Bonchev–Trinajstić information content (AvgIpc) is 2.55. The fraction of sp³-hybridized carbons (Fsp3) is 0.0667. The molecule has 0 radical (unpaired) electrons. The maximum absolute atomic E-state index is 12.6. The van der Waals surface area contributed by atoms with E-state index in [1.165, 1.54) is 18.2 Å². The number of hydrogen-bond donors (Lipinski definition) is 2. The third-order valence-corrected chi connectivity index (χ3v) is 3.06. The number of nitro groups is 1. The largest absolute Gasteiger partial charge is 0.502 e. The van der Waals surface area contributed by atoms with Crippen LogP contribution >= 0.6 is 0 Å². The van der Waals surface area contributed by atoms with Crippen LogP contribution in [0, 0.1) is 10.1 Å². The fourth-order valence-electron chi connectivity index (χ4n) is 1.86. The van der Waals surface area contributed by atoms with Gasteiger partial charge in [0.15, 0.2) is 0 Å². The summed E-state index contributed by atoms with van der Waals surface area (Å²) in [6.07, 6.45) is -3.65. The first-order valence-corrected chi connectivity index (χ1v) is 6.67. The number of hydrazone groups is 1. The van der Waals surface area contributed by atoms with E-state index in [0.29, 0.717) is 6.07 Å². The van der Waals surface area contributed by atoms with Crippen LogP contribution in [0.5, 0.6) is 5.75 Å². The molecular weight excluding hydrogens is 343 g/mol. The number of alkyl halides is 3. The number of para-hydroxylation sites is 1. The Balaban J connectivity index is 2.14. The van der Waals surface area contributed by atoms with Crippen LogP contribution in [0.1, 0.15) is 21.5 Å².